The van der Waals surface area contributed by atoms with Crippen molar-refractivity contribution in [2.24, 2.45) is 11.8 Å². The Labute approximate surface area is 109 Å². The number of ether oxygens (including phenoxy) is 1. The van der Waals surface area contributed by atoms with E-state index >= 15 is 0 Å². The van der Waals surface area contributed by atoms with Gasteiger partial charge < -0.3 is 14.9 Å². The van der Waals surface area contributed by atoms with E-state index in [2.05, 4.69) is 6.92 Å². The van der Waals surface area contributed by atoms with Crippen LogP contribution in [0.5, 0.6) is 0 Å². The quantitative estimate of drug-likeness (QED) is 0.489. The first-order chi connectivity index (χ1) is 8.70. The zero-order valence-electron chi connectivity index (χ0n) is 11.3. The van der Waals surface area contributed by atoms with Gasteiger partial charge in [-0.15, -0.1) is 0 Å². The molecular weight excluding hydrogens is 232 g/mol. The lowest BCUT2D eigenvalue weighted by Gasteiger charge is -2.19. The monoisotopic (exact) mass is 258 g/mol. The number of hydrogen-bond donors (Lipinski definition) is 2. The first-order valence-corrected chi connectivity index (χ1v) is 7.16. The number of carbonyl (C=O) groups is 1. The second-order valence-electron chi connectivity index (χ2n) is 5.22. The second-order valence-corrected chi connectivity index (χ2v) is 5.22. The zero-order valence-corrected chi connectivity index (χ0v) is 11.3. The lowest BCUT2D eigenvalue weighted by molar-refractivity contribution is -0.144. The topological polar surface area (TPSA) is 66.8 Å². The van der Waals surface area contributed by atoms with E-state index in [4.69, 9.17) is 9.84 Å². The van der Waals surface area contributed by atoms with E-state index in [0.717, 1.165) is 12.8 Å². The number of rotatable bonds is 9. The number of unbranched alkanes of at least 4 members (excludes halogenated alkanes) is 5. The van der Waals surface area contributed by atoms with E-state index in [1.807, 2.05) is 0 Å². The Balaban J connectivity index is 2.19. The molecule has 0 aromatic rings. The molecule has 106 valence electrons. The SMILES string of the molecule is CCCCCCCC[C@@H](O)[C@@H]1C(=O)OC[C@H]1CO. The summed E-state index contributed by atoms with van der Waals surface area (Å²) in [4.78, 5) is 11.5. The van der Waals surface area contributed by atoms with E-state index < -0.39 is 12.0 Å². The van der Waals surface area contributed by atoms with Crippen molar-refractivity contribution >= 4 is 5.97 Å². The number of carbonyl (C=O) groups excluding carboxylic acids is 1. The first-order valence-electron chi connectivity index (χ1n) is 7.16. The van der Waals surface area contributed by atoms with Gasteiger partial charge in [-0.1, -0.05) is 45.4 Å². The molecule has 3 atom stereocenters. The molecule has 0 unspecified atom stereocenters. The molecule has 0 bridgehead atoms. The van der Waals surface area contributed by atoms with Crippen LogP contribution in [0.2, 0.25) is 0 Å². The summed E-state index contributed by atoms with van der Waals surface area (Å²) < 4.78 is 4.89. The molecule has 1 heterocycles. The average molecular weight is 258 g/mol. The van der Waals surface area contributed by atoms with Crippen LogP contribution in [-0.2, 0) is 9.53 Å². The van der Waals surface area contributed by atoms with Gasteiger partial charge in [0.1, 0.15) is 0 Å². The van der Waals surface area contributed by atoms with Gasteiger partial charge in [0.15, 0.2) is 0 Å². The van der Waals surface area contributed by atoms with Crippen molar-refractivity contribution in [3.63, 3.8) is 0 Å². The highest BCUT2D eigenvalue weighted by molar-refractivity contribution is 5.75. The van der Waals surface area contributed by atoms with E-state index in [1.165, 1.54) is 25.7 Å². The predicted octanol–water partition coefficient (Wildman–Crippen LogP) is 1.88. The molecule has 0 radical (unpaired) electrons. The molecular formula is C14H26O4. The lowest BCUT2D eigenvalue weighted by atomic mass is 9.88. The van der Waals surface area contributed by atoms with Gasteiger partial charge in [-0.3, -0.25) is 4.79 Å². The zero-order chi connectivity index (χ0) is 13.4. The maximum atomic E-state index is 11.5. The fourth-order valence-electron chi connectivity index (χ4n) is 2.53. The van der Waals surface area contributed by atoms with Gasteiger partial charge in [0.2, 0.25) is 0 Å². The van der Waals surface area contributed by atoms with Crippen molar-refractivity contribution in [2.75, 3.05) is 13.2 Å². The molecule has 0 aromatic heterocycles. The maximum absolute atomic E-state index is 11.5. The van der Waals surface area contributed by atoms with Gasteiger partial charge >= 0.3 is 5.97 Å². The fourth-order valence-corrected chi connectivity index (χ4v) is 2.53. The van der Waals surface area contributed by atoms with Crippen LogP contribution in [0.3, 0.4) is 0 Å². The van der Waals surface area contributed by atoms with Crippen LogP contribution >= 0.6 is 0 Å². The number of esters is 1. The molecule has 0 amide bonds. The highest BCUT2D eigenvalue weighted by atomic mass is 16.5. The van der Waals surface area contributed by atoms with Crippen LogP contribution in [0.25, 0.3) is 0 Å². The Kier molecular flexibility index (Phi) is 7.28. The van der Waals surface area contributed by atoms with Crippen molar-refractivity contribution in [1.29, 1.82) is 0 Å². The van der Waals surface area contributed by atoms with Gasteiger partial charge in [0.25, 0.3) is 0 Å². The summed E-state index contributed by atoms with van der Waals surface area (Å²) in [7, 11) is 0. The van der Waals surface area contributed by atoms with Crippen LogP contribution in [-0.4, -0.2) is 35.5 Å². The summed E-state index contributed by atoms with van der Waals surface area (Å²) in [5, 5.41) is 19.1. The summed E-state index contributed by atoms with van der Waals surface area (Å²) in [5.41, 5.74) is 0. The summed E-state index contributed by atoms with van der Waals surface area (Å²) in [6, 6.07) is 0. The van der Waals surface area contributed by atoms with Crippen LogP contribution < -0.4 is 0 Å². The minimum absolute atomic E-state index is 0.0933. The van der Waals surface area contributed by atoms with Crippen LogP contribution in [0.1, 0.15) is 51.9 Å². The Morgan fingerprint density at radius 2 is 1.94 bits per heavy atom. The second kappa shape index (κ2) is 8.48. The maximum Gasteiger partial charge on any atom is 0.312 e. The van der Waals surface area contributed by atoms with E-state index in [9.17, 15) is 9.90 Å². The summed E-state index contributed by atoms with van der Waals surface area (Å²) >= 11 is 0. The van der Waals surface area contributed by atoms with E-state index in [0.29, 0.717) is 6.42 Å². The molecule has 0 saturated carbocycles. The number of aliphatic hydroxyl groups is 2. The van der Waals surface area contributed by atoms with E-state index in [-0.39, 0.29) is 25.1 Å². The minimum Gasteiger partial charge on any atom is -0.465 e. The van der Waals surface area contributed by atoms with Gasteiger partial charge in [-0.25, -0.2) is 0 Å². The lowest BCUT2D eigenvalue weighted by Crippen LogP contribution is -2.31. The number of hydrogen-bond acceptors (Lipinski definition) is 4. The minimum atomic E-state index is -0.664. The summed E-state index contributed by atoms with van der Waals surface area (Å²) in [6.45, 7) is 2.34. The van der Waals surface area contributed by atoms with Crippen molar-refractivity contribution in [3.05, 3.63) is 0 Å². The van der Waals surface area contributed by atoms with Gasteiger partial charge in [-0.05, 0) is 6.42 Å². The average Bonchev–Trinajstić information content (AvgIpc) is 2.74. The molecule has 1 saturated heterocycles. The highest BCUT2D eigenvalue weighted by Gasteiger charge is 2.40. The number of aliphatic hydroxyl groups excluding tert-OH is 2. The Morgan fingerprint density at radius 3 is 2.61 bits per heavy atom. The van der Waals surface area contributed by atoms with Crippen LogP contribution in [0, 0.1) is 11.8 Å². The largest absolute Gasteiger partial charge is 0.465 e. The van der Waals surface area contributed by atoms with Gasteiger partial charge in [-0.2, -0.15) is 0 Å². The molecule has 0 spiro atoms. The third-order valence-electron chi connectivity index (χ3n) is 3.72. The molecule has 1 aliphatic heterocycles. The molecule has 0 aliphatic carbocycles. The Morgan fingerprint density at radius 1 is 1.28 bits per heavy atom. The van der Waals surface area contributed by atoms with E-state index in [1.54, 1.807) is 0 Å². The predicted molar refractivity (Wildman–Crippen MR) is 69.0 cm³/mol. The normalized spacial score (nSPS) is 25.2. The van der Waals surface area contributed by atoms with Crippen LogP contribution in [0.15, 0.2) is 0 Å². The van der Waals surface area contributed by atoms with Gasteiger partial charge in [0.05, 0.1) is 25.2 Å². The van der Waals surface area contributed by atoms with Crippen molar-refractivity contribution < 1.29 is 19.7 Å². The Hall–Kier alpha value is -0.610. The van der Waals surface area contributed by atoms with Crippen molar-refractivity contribution in [2.45, 2.75) is 58.0 Å². The summed E-state index contributed by atoms with van der Waals surface area (Å²) in [6.07, 6.45) is 6.94. The third-order valence-corrected chi connectivity index (χ3v) is 3.72. The third kappa shape index (κ3) is 4.58. The van der Waals surface area contributed by atoms with Gasteiger partial charge in [0, 0.05) is 5.92 Å². The molecule has 1 rings (SSSR count). The smallest absolute Gasteiger partial charge is 0.312 e. The summed E-state index contributed by atoms with van der Waals surface area (Å²) in [5.74, 6) is -1.11. The molecule has 1 fully saturated rings. The molecule has 2 N–H and O–H groups in total. The standard InChI is InChI=1S/C14H26O4/c1-2-3-4-5-6-7-8-12(16)13-11(9-15)10-18-14(13)17/h11-13,15-16H,2-10H2,1H3/t11-,12-,13-/m1/s1. The number of cyclic esters (lactones) is 1. The highest BCUT2D eigenvalue weighted by Crippen LogP contribution is 2.27. The molecule has 18 heavy (non-hydrogen) atoms. The molecule has 0 aromatic carbocycles. The molecule has 1 aliphatic rings. The fraction of sp³-hybridized carbons (Fsp3) is 0.929. The van der Waals surface area contributed by atoms with Crippen molar-refractivity contribution in [3.8, 4) is 0 Å². The first kappa shape index (κ1) is 15.4. The molecule has 4 heteroatoms. The van der Waals surface area contributed by atoms with Crippen molar-refractivity contribution in [1.82, 2.24) is 0 Å². The molecule has 4 nitrogen and oxygen atoms in total. The Bertz CT molecular complexity index is 242. The van der Waals surface area contributed by atoms with Crippen LogP contribution in [0.4, 0.5) is 0 Å².